The van der Waals surface area contributed by atoms with Gasteiger partial charge in [-0.2, -0.15) is 52.7 Å². The van der Waals surface area contributed by atoms with E-state index in [0.29, 0.717) is 12.2 Å². The van der Waals surface area contributed by atoms with E-state index in [2.05, 4.69) is 35.1 Å². The normalized spacial score (nSPS) is 13.2. The Bertz CT molecular complexity index is 1870. The number of benzene rings is 3. The number of carbonyl (C=O) groups excluding carboxylic acids is 2. The Morgan fingerprint density at radius 3 is 1.64 bits per heavy atom. The van der Waals surface area contributed by atoms with Crippen LogP contribution in [0.15, 0.2) is 72.8 Å². The minimum Gasteiger partial charge on any atom is -0.494 e. The fraction of sp³-hybridized carbons (Fsp3) is 0.436. The molecule has 0 N–H and O–H groups in total. The van der Waals surface area contributed by atoms with Gasteiger partial charge in [0, 0.05) is 11.1 Å². The van der Waals surface area contributed by atoms with Crippen molar-refractivity contribution in [3.8, 4) is 29.1 Å². The fourth-order valence-corrected chi connectivity index (χ4v) is 4.84. The Balaban J connectivity index is 1.49. The molecular formula is C39H35ClF12O6. The van der Waals surface area contributed by atoms with E-state index in [4.69, 9.17) is 14.2 Å². The van der Waals surface area contributed by atoms with E-state index in [1.54, 1.807) is 12.1 Å². The molecule has 0 amide bonds. The van der Waals surface area contributed by atoms with Gasteiger partial charge in [0.15, 0.2) is 6.10 Å². The largest absolute Gasteiger partial charge is 0.494 e. The van der Waals surface area contributed by atoms with Crippen molar-refractivity contribution in [2.24, 2.45) is 0 Å². The first-order valence-corrected chi connectivity index (χ1v) is 17.7. The molecule has 6 nitrogen and oxygen atoms in total. The van der Waals surface area contributed by atoms with E-state index in [0.717, 1.165) is 31.1 Å². The molecule has 0 aromatic heterocycles. The molecule has 0 aliphatic rings. The summed E-state index contributed by atoms with van der Waals surface area (Å²) >= 11 is 3.66. The van der Waals surface area contributed by atoms with E-state index < -0.39 is 66.1 Å². The van der Waals surface area contributed by atoms with Gasteiger partial charge in [-0.1, -0.05) is 44.4 Å². The molecule has 0 aliphatic carbocycles. The van der Waals surface area contributed by atoms with Gasteiger partial charge in [0.2, 0.25) is 0 Å². The van der Waals surface area contributed by atoms with Crippen molar-refractivity contribution in [3.05, 3.63) is 89.5 Å². The molecule has 3 aromatic carbocycles. The Morgan fingerprint density at radius 1 is 0.621 bits per heavy atom. The first-order valence-electron chi connectivity index (χ1n) is 17.3. The number of hydrogen-bond acceptors (Lipinski definition) is 6. The number of halogens is 13. The van der Waals surface area contributed by atoms with E-state index in [1.165, 1.54) is 55.7 Å². The first kappa shape index (κ1) is 47.6. The van der Waals surface area contributed by atoms with E-state index in [-0.39, 0.29) is 17.1 Å². The quantitative estimate of drug-likeness (QED) is 0.0281. The van der Waals surface area contributed by atoms with Crippen molar-refractivity contribution in [3.63, 3.8) is 0 Å². The molecule has 0 radical (unpaired) electrons. The smallest absolute Gasteiger partial charge is 0.393 e. The Labute approximate surface area is 329 Å². The second-order valence-corrected chi connectivity index (χ2v) is 13.1. The minimum atomic E-state index is -7.79. The third-order valence-corrected chi connectivity index (χ3v) is 8.42. The Kier molecular flexibility index (Phi) is 15.8. The van der Waals surface area contributed by atoms with Gasteiger partial charge >= 0.3 is 46.9 Å². The third-order valence-electron chi connectivity index (χ3n) is 8.18. The van der Waals surface area contributed by atoms with Gasteiger partial charge in [-0.15, -0.1) is 0 Å². The standard InChI is InChI=1S/C39H35ClF12O6/c1-3-4-5-6-7-23-55-29-16-12-27(13-17-29)9-8-26-10-14-28(15-11-26)33(54)58-31-20-18-30(19-21-31)57-25(2)32(53)56-24-22-34(41,42)35(43,44)36(45,46)37(47,48)38(49,50)39(40,51)52/h10-21,25H,3-7,22-24H2,1-2H3/t25-/m0/s1. The summed E-state index contributed by atoms with van der Waals surface area (Å²) < 4.78 is 183. The molecule has 3 rings (SSSR count). The maximum atomic E-state index is 14.0. The average Bonchev–Trinajstić information content (AvgIpc) is 3.15. The van der Waals surface area contributed by atoms with E-state index in [9.17, 15) is 62.3 Å². The Morgan fingerprint density at radius 2 is 1.10 bits per heavy atom. The van der Waals surface area contributed by atoms with Crippen molar-refractivity contribution < 1.29 is 81.2 Å². The lowest BCUT2D eigenvalue weighted by Crippen LogP contribution is -2.70. The zero-order valence-corrected chi connectivity index (χ0v) is 31.3. The number of hydrogen-bond donors (Lipinski definition) is 0. The molecule has 1 atom stereocenters. The van der Waals surface area contributed by atoms with Crippen LogP contribution in [0, 0.1) is 11.8 Å². The van der Waals surface area contributed by atoms with Gasteiger partial charge in [0.1, 0.15) is 17.2 Å². The number of alkyl halides is 13. The number of unbranched alkanes of at least 4 members (excludes halogenated alkanes) is 4. The molecule has 0 aliphatic heterocycles. The van der Waals surface area contributed by atoms with Crippen molar-refractivity contribution in [1.29, 1.82) is 0 Å². The summed E-state index contributed by atoms with van der Waals surface area (Å²) in [4.78, 5) is 24.8. The first-order chi connectivity index (χ1) is 26.9. The van der Waals surface area contributed by atoms with E-state index in [1.807, 2.05) is 24.3 Å². The van der Waals surface area contributed by atoms with Crippen LogP contribution in [0.4, 0.5) is 52.7 Å². The van der Waals surface area contributed by atoms with Gasteiger partial charge in [0.25, 0.3) is 0 Å². The summed E-state index contributed by atoms with van der Waals surface area (Å²) in [5, 5.41) is -6.55. The summed E-state index contributed by atoms with van der Waals surface area (Å²) in [6, 6.07) is 18.3. The SMILES string of the molecule is CCCCCCCOc1ccc(C#Cc2ccc(C(=O)Oc3ccc(O[C@@H](C)C(=O)OCCC(F)(F)C(F)(F)C(F)(F)C(F)(F)C(F)(F)C(F)(F)Cl)cc3)cc2)cc1. The number of rotatable bonds is 20. The lowest BCUT2D eigenvalue weighted by molar-refractivity contribution is -0.417. The average molecular weight is 863 g/mol. The molecule has 0 fully saturated rings. The fourth-order valence-electron chi connectivity index (χ4n) is 4.72. The van der Waals surface area contributed by atoms with Crippen LogP contribution < -0.4 is 14.2 Å². The summed E-state index contributed by atoms with van der Waals surface area (Å²) in [5.41, 5.74) is 1.52. The molecule has 0 heterocycles. The number of esters is 2. The van der Waals surface area contributed by atoms with Crippen molar-refractivity contribution in [1.82, 2.24) is 0 Å². The van der Waals surface area contributed by atoms with Gasteiger partial charge < -0.3 is 18.9 Å². The molecule has 318 valence electrons. The van der Waals surface area contributed by atoms with Crippen molar-refractivity contribution in [2.75, 3.05) is 13.2 Å². The van der Waals surface area contributed by atoms with Crippen molar-refractivity contribution in [2.45, 2.75) is 93.5 Å². The summed E-state index contributed by atoms with van der Waals surface area (Å²) in [7, 11) is 0. The molecule has 3 aromatic rings. The van der Waals surface area contributed by atoms with Crippen LogP contribution in [-0.4, -0.2) is 66.3 Å². The summed E-state index contributed by atoms with van der Waals surface area (Å²) in [5.74, 6) is -32.4. The van der Waals surface area contributed by atoms with Crippen LogP contribution in [0.3, 0.4) is 0 Å². The predicted molar refractivity (Wildman–Crippen MR) is 186 cm³/mol. The molecule has 0 saturated carbocycles. The van der Waals surface area contributed by atoms with Crippen LogP contribution >= 0.6 is 11.6 Å². The number of ether oxygens (including phenoxy) is 4. The monoisotopic (exact) mass is 862 g/mol. The molecule has 19 heteroatoms. The maximum absolute atomic E-state index is 14.0. The van der Waals surface area contributed by atoms with Crippen molar-refractivity contribution >= 4 is 23.5 Å². The lowest BCUT2D eigenvalue weighted by Gasteiger charge is -2.40. The second kappa shape index (κ2) is 19.3. The molecule has 0 bridgehead atoms. The molecule has 58 heavy (non-hydrogen) atoms. The van der Waals surface area contributed by atoms with Crippen LogP contribution in [0.25, 0.3) is 0 Å². The highest BCUT2D eigenvalue weighted by atomic mass is 35.5. The van der Waals surface area contributed by atoms with Gasteiger partial charge in [-0.05, 0) is 97.7 Å². The van der Waals surface area contributed by atoms with Gasteiger partial charge in [-0.25, -0.2) is 9.59 Å². The predicted octanol–water partition coefficient (Wildman–Crippen LogP) is 11.4. The third kappa shape index (κ3) is 11.4. The minimum absolute atomic E-state index is 0.00145. The second-order valence-electron chi connectivity index (χ2n) is 12.7. The van der Waals surface area contributed by atoms with Crippen LogP contribution in [0.1, 0.15) is 73.9 Å². The molecule has 0 spiro atoms. The maximum Gasteiger partial charge on any atom is 0.393 e. The van der Waals surface area contributed by atoms with Gasteiger partial charge in [0.05, 0.1) is 25.2 Å². The number of carbonyl (C=O) groups is 2. The lowest BCUT2D eigenvalue weighted by atomic mass is 9.93. The highest BCUT2D eigenvalue weighted by molar-refractivity contribution is 6.22. The highest BCUT2D eigenvalue weighted by Gasteiger charge is 2.89. The van der Waals surface area contributed by atoms with Gasteiger partial charge in [-0.3, -0.25) is 0 Å². The Hall–Kier alpha value is -4.79. The van der Waals surface area contributed by atoms with Crippen LogP contribution in [0.5, 0.6) is 17.2 Å². The van der Waals surface area contributed by atoms with E-state index >= 15 is 0 Å². The topological polar surface area (TPSA) is 71.1 Å². The van der Waals surface area contributed by atoms with Crippen LogP contribution in [0.2, 0.25) is 0 Å². The highest BCUT2D eigenvalue weighted by Crippen LogP contribution is 2.61. The summed E-state index contributed by atoms with van der Waals surface area (Å²) in [6.45, 7) is 1.88. The zero-order chi connectivity index (χ0) is 43.6. The molecule has 0 unspecified atom stereocenters. The molecule has 0 saturated heterocycles. The summed E-state index contributed by atoms with van der Waals surface area (Å²) in [6.07, 6.45) is 1.32. The zero-order valence-electron chi connectivity index (χ0n) is 30.5. The van der Waals surface area contributed by atoms with Crippen LogP contribution in [-0.2, 0) is 9.53 Å². The molecular weight excluding hydrogens is 828 g/mol.